The largest absolute Gasteiger partial charge is 0.358 e. The Hall–Kier alpha value is -2.46. The molecule has 4 rings (SSSR count). The van der Waals surface area contributed by atoms with Gasteiger partial charge in [-0.3, -0.25) is 14.5 Å². The molecule has 1 N–H and O–H groups in total. The van der Waals surface area contributed by atoms with Crippen molar-refractivity contribution in [3.8, 4) is 0 Å². The number of amidine groups is 1. The summed E-state index contributed by atoms with van der Waals surface area (Å²) in [4.78, 5) is 30.7. The van der Waals surface area contributed by atoms with Crippen LogP contribution in [0.1, 0.15) is 18.4 Å². The smallest absolute Gasteiger partial charge is 0.285 e. The second kappa shape index (κ2) is 7.75. The third-order valence-electron chi connectivity index (χ3n) is 5.75. The fourth-order valence-electron chi connectivity index (χ4n) is 4.19. The average molecular weight is 420 g/mol. The lowest BCUT2D eigenvalue weighted by Gasteiger charge is -2.37. The minimum atomic E-state index is -3.71. The van der Waals surface area contributed by atoms with Crippen LogP contribution in [0.4, 0.5) is 0 Å². The molecular formula is C19H25N5O4S. The second-order valence-electron chi connectivity index (χ2n) is 7.51. The summed E-state index contributed by atoms with van der Waals surface area (Å²) in [7, 11) is -2.10. The molecule has 3 aliphatic heterocycles. The minimum absolute atomic E-state index is 0.00609. The van der Waals surface area contributed by atoms with Gasteiger partial charge in [0, 0.05) is 45.3 Å². The molecule has 10 heteroatoms. The summed E-state index contributed by atoms with van der Waals surface area (Å²) >= 11 is 0. The van der Waals surface area contributed by atoms with Crippen molar-refractivity contribution in [2.24, 2.45) is 4.40 Å². The van der Waals surface area contributed by atoms with Crippen molar-refractivity contribution in [2.45, 2.75) is 23.8 Å². The number of hydrogen-bond acceptors (Lipinski definition) is 6. The maximum absolute atomic E-state index is 13.2. The number of benzene rings is 1. The van der Waals surface area contributed by atoms with E-state index in [-0.39, 0.29) is 16.7 Å². The van der Waals surface area contributed by atoms with Crippen molar-refractivity contribution < 1.29 is 18.0 Å². The van der Waals surface area contributed by atoms with E-state index in [1.54, 1.807) is 31.3 Å². The number of sulfonamides is 1. The third-order valence-corrected chi connectivity index (χ3v) is 7.08. The number of hydrogen-bond donors (Lipinski definition) is 1. The number of rotatable bonds is 3. The highest BCUT2D eigenvalue weighted by Gasteiger charge is 2.41. The van der Waals surface area contributed by atoms with Gasteiger partial charge in [-0.25, -0.2) is 0 Å². The maximum atomic E-state index is 13.2. The molecule has 2 saturated heterocycles. The van der Waals surface area contributed by atoms with Gasteiger partial charge in [0.2, 0.25) is 11.8 Å². The Morgan fingerprint density at radius 1 is 1.14 bits per heavy atom. The lowest BCUT2D eigenvalue weighted by molar-refractivity contribution is -0.136. The molecule has 0 aliphatic carbocycles. The summed E-state index contributed by atoms with van der Waals surface area (Å²) in [5, 5.41) is 2.61. The second-order valence-corrected chi connectivity index (χ2v) is 9.08. The first-order valence-corrected chi connectivity index (χ1v) is 11.3. The summed E-state index contributed by atoms with van der Waals surface area (Å²) in [6, 6.07) is 6.37. The number of carbonyl (C=O) groups is 2. The molecule has 1 aromatic rings. The molecule has 0 aromatic heterocycles. The lowest BCUT2D eigenvalue weighted by atomic mass is 10.1. The van der Waals surface area contributed by atoms with Gasteiger partial charge in [0.25, 0.3) is 10.0 Å². The Kier molecular flexibility index (Phi) is 5.30. The highest BCUT2D eigenvalue weighted by Crippen LogP contribution is 2.31. The van der Waals surface area contributed by atoms with E-state index in [1.165, 1.54) is 0 Å². The molecule has 9 nitrogen and oxygen atoms in total. The summed E-state index contributed by atoms with van der Waals surface area (Å²) in [5.74, 6) is 0.354. The molecule has 2 fully saturated rings. The predicted molar refractivity (Wildman–Crippen MR) is 107 cm³/mol. The highest BCUT2D eigenvalue weighted by atomic mass is 32.2. The lowest BCUT2D eigenvalue weighted by Crippen LogP contribution is -2.55. The Labute approximate surface area is 170 Å². The number of likely N-dealkylation sites (tertiary alicyclic amines) is 1. The average Bonchev–Trinajstić information content (AvgIpc) is 3.31. The zero-order valence-corrected chi connectivity index (χ0v) is 17.2. The molecule has 29 heavy (non-hydrogen) atoms. The van der Waals surface area contributed by atoms with Gasteiger partial charge in [-0.2, -0.15) is 8.42 Å². The number of piperazine rings is 1. The Bertz CT molecular complexity index is 953. The van der Waals surface area contributed by atoms with Crippen LogP contribution in [0.3, 0.4) is 0 Å². The van der Waals surface area contributed by atoms with Crippen molar-refractivity contribution in [2.75, 3.05) is 46.3 Å². The van der Waals surface area contributed by atoms with E-state index >= 15 is 0 Å². The normalized spacial score (nSPS) is 23.6. The number of fused-ring (bicyclic) bond motifs is 1. The molecule has 3 aliphatic rings. The van der Waals surface area contributed by atoms with Crippen molar-refractivity contribution >= 4 is 27.7 Å². The molecule has 0 unspecified atom stereocenters. The fraction of sp³-hybridized carbons (Fsp3) is 0.526. The maximum Gasteiger partial charge on any atom is 0.285 e. The van der Waals surface area contributed by atoms with E-state index in [1.807, 2.05) is 14.7 Å². The molecule has 1 atom stereocenters. The number of nitrogens with one attached hydrogen (secondary N) is 1. The first kappa shape index (κ1) is 19.8. The van der Waals surface area contributed by atoms with Crippen LogP contribution in [0.25, 0.3) is 0 Å². The van der Waals surface area contributed by atoms with E-state index in [0.717, 1.165) is 6.42 Å². The van der Waals surface area contributed by atoms with Gasteiger partial charge in [-0.15, -0.1) is 4.40 Å². The monoisotopic (exact) mass is 419 g/mol. The summed E-state index contributed by atoms with van der Waals surface area (Å²) < 4.78 is 28.8. The molecule has 0 spiro atoms. The van der Waals surface area contributed by atoms with Gasteiger partial charge in [-0.1, -0.05) is 12.1 Å². The van der Waals surface area contributed by atoms with E-state index in [0.29, 0.717) is 57.1 Å². The third kappa shape index (κ3) is 3.74. The Morgan fingerprint density at radius 3 is 2.59 bits per heavy atom. The van der Waals surface area contributed by atoms with Crippen LogP contribution >= 0.6 is 0 Å². The van der Waals surface area contributed by atoms with Crippen LogP contribution in [0.2, 0.25) is 0 Å². The first-order chi connectivity index (χ1) is 13.9. The highest BCUT2D eigenvalue weighted by molar-refractivity contribution is 7.90. The predicted octanol–water partition coefficient (Wildman–Crippen LogP) is -0.510. The van der Waals surface area contributed by atoms with Gasteiger partial charge >= 0.3 is 0 Å². The number of carbonyl (C=O) groups excluding carboxylic acids is 2. The van der Waals surface area contributed by atoms with Gasteiger partial charge in [0.05, 0.1) is 6.54 Å². The fourth-order valence-corrected chi connectivity index (χ4v) is 5.41. The standard InChI is InChI=1S/C19H25N5O4S/c1-20-17(25)13-22-9-11-23(12-10-22)19(26)15-6-4-8-24(15)18-14-5-2-3-7-16(14)29(27,28)21-18/h2-3,5,7,15H,4,6,8-13H2,1H3,(H,20,25)/t15-/m0/s1. The zero-order valence-electron chi connectivity index (χ0n) is 16.4. The van der Waals surface area contributed by atoms with E-state index in [9.17, 15) is 18.0 Å². The minimum Gasteiger partial charge on any atom is -0.358 e. The van der Waals surface area contributed by atoms with E-state index in [2.05, 4.69) is 9.71 Å². The molecular weight excluding hydrogens is 394 g/mol. The van der Waals surface area contributed by atoms with Crippen molar-refractivity contribution in [3.63, 3.8) is 0 Å². The van der Waals surface area contributed by atoms with E-state index < -0.39 is 16.1 Å². The Morgan fingerprint density at radius 2 is 1.86 bits per heavy atom. The van der Waals surface area contributed by atoms with Crippen LogP contribution < -0.4 is 5.32 Å². The van der Waals surface area contributed by atoms with Crippen molar-refractivity contribution in [1.29, 1.82) is 0 Å². The van der Waals surface area contributed by atoms with Gasteiger partial charge in [0.1, 0.15) is 10.9 Å². The van der Waals surface area contributed by atoms with Gasteiger partial charge < -0.3 is 15.1 Å². The number of likely N-dealkylation sites (N-methyl/N-ethyl adjacent to an activating group) is 1. The molecule has 156 valence electrons. The molecule has 1 aromatic carbocycles. The van der Waals surface area contributed by atoms with Crippen LogP contribution in [0.5, 0.6) is 0 Å². The van der Waals surface area contributed by atoms with Gasteiger partial charge in [-0.05, 0) is 25.0 Å². The van der Waals surface area contributed by atoms with Crippen molar-refractivity contribution in [1.82, 2.24) is 20.0 Å². The number of nitrogens with zero attached hydrogens (tertiary/aromatic N) is 4. The van der Waals surface area contributed by atoms with Gasteiger partial charge in [0.15, 0.2) is 5.84 Å². The number of amides is 2. The van der Waals surface area contributed by atoms with Crippen LogP contribution in [0.15, 0.2) is 33.6 Å². The molecule has 0 bridgehead atoms. The topological polar surface area (TPSA) is 102 Å². The summed E-state index contributed by atoms with van der Waals surface area (Å²) in [5.41, 5.74) is 0.572. The zero-order chi connectivity index (χ0) is 20.6. The van der Waals surface area contributed by atoms with Crippen molar-refractivity contribution in [3.05, 3.63) is 29.8 Å². The molecule has 0 saturated carbocycles. The van der Waals surface area contributed by atoms with Crippen LogP contribution in [-0.2, 0) is 19.6 Å². The van der Waals surface area contributed by atoms with E-state index in [4.69, 9.17) is 0 Å². The molecule has 3 heterocycles. The summed E-state index contributed by atoms with van der Waals surface area (Å²) in [6.07, 6.45) is 1.49. The summed E-state index contributed by atoms with van der Waals surface area (Å²) in [6.45, 7) is 3.34. The first-order valence-electron chi connectivity index (χ1n) is 9.83. The quantitative estimate of drug-likeness (QED) is 0.708. The Balaban J connectivity index is 1.47. The molecule has 0 radical (unpaired) electrons. The SMILES string of the molecule is CNC(=O)CN1CCN(C(=O)[C@@H]2CCCN2C2=NS(=O)(=O)c3ccccc32)CC1. The van der Waals surface area contributed by atoms with Crippen LogP contribution in [-0.4, -0.2) is 93.1 Å². The van der Waals surface area contributed by atoms with Crippen LogP contribution in [0, 0.1) is 0 Å². The molecule has 2 amide bonds.